The molecule has 0 aliphatic carbocycles. The first-order valence-electron chi connectivity index (χ1n) is 9.17. The van der Waals surface area contributed by atoms with Crippen molar-refractivity contribution in [2.24, 2.45) is 0 Å². The molecule has 0 spiro atoms. The van der Waals surface area contributed by atoms with Crippen LogP contribution in [0.2, 0.25) is 0 Å². The number of aromatic nitrogens is 1. The number of aryl methyl sites for hydroxylation is 1. The number of rotatable bonds is 6. The molecule has 0 saturated carbocycles. The zero-order valence-corrected chi connectivity index (χ0v) is 15.0. The minimum atomic E-state index is 0.0734. The van der Waals surface area contributed by atoms with Crippen LogP contribution in [0, 0.1) is 0 Å². The summed E-state index contributed by atoms with van der Waals surface area (Å²) in [5.41, 5.74) is 2.08. The highest BCUT2D eigenvalue weighted by Crippen LogP contribution is 2.17. The van der Waals surface area contributed by atoms with Gasteiger partial charge in [-0.15, -0.1) is 0 Å². The van der Waals surface area contributed by atoms with Crippen molar-refractivity contribution in [2.45, 2.75) is 31.7 Å². The molecule has 1 aliphatic rings. The number of hydrogen-bond donors (Lipinski definition) is 0. The van der Waals surface area contributed by atoms with Crippen LogP contribution < -0.4 is 0 Å². The molecule has 0 radical (unpaired) electrons. The van der Waals surface area contributed by atoms with Gasteiger partial charge in [-0.2, -0.15) is 0 Å². The third kappa shape index (κ3) is 4.89. The number of likely N-dealkylation sites (N-methyl/N-ethyl adjacent to an activating group) is 1. The van der Waals surface area contributed by atoms with Crippen molar-refractivity contribution in [3.8, 4) is 0 Å². The molecule has 4 heteroatoms. The maximum absolute atomic E-state index is 12.6. The SMILES string of the molecule is CN(C(=O)c1cccnc1)[C@@H]1CCCN(CCCc2ccccc2)C1. The molecule has 1 aliphatic heterocycles. The van der Waals surface area contributed by atoms with E-state index >= 15 is 0 Å². The van der Waals surface area contributed by atoms with Crippen LogP contribution in [0.4, 0.5) is 0 Å². The molecule has 1 atom stereocenters. The lowest BCUT2D eigenvalue weighted by atomic mass is 10.0. The van der Waals surface area contributed by atoms with E-state index < -0.39 is 0 Å². The molecule has 0 unspecified atom stereocenters. The smallest absolute Gasteiger partial charge is 0.255 e. The van der Waals surface area contributed by atoms with Gasteiger partial charge in [0.25, 0.3) is 5.91 Å². The fraction of sp³-hybridized carbons (Fsp3) is 0.429. The highest BCUT2D eigenvalue weighted by molar-refractivity contribution is 5.93. The Morgan fingerprint density at radius 3 is 2.84 bits per heavy atom. The zero-order chi connectivity index (χ0) is 17.5. The molecule has 1 amide bonds. The monoisotopic (exact) mass is 337 g/mol. The minimum Gasteiger partial charge on any atom is -0.337 e. The van der Waals surface area contributed by atoms with E-state index in [1.165, 1.54) is 5.56 Å². The molecule has 0 bridgehead atoms. The highest BCUT2D eigenvalue weighted by Gasteiger charge is 2.26. The van der Waals surface area contributed by atoms with Gasteiger partial charge in [-0.1, -0.05) is 30.3 Å². The average Bonchev–Trinajstić information content (AvgIpc) is 2.68. The van der Waals surface area contributed by atoms with Crippen molar-refractivity contribution in [2.75, 3.05) is 26.7 Å². The average molecular weight is 337 g/mol. The van der Waals surface area contributed by atoms with Crippen molar-refractivity contribution < 1.29 is 4.79 Å². The van der Waals surface area contributed by atoms with Crippen LogP contribution in [0.15, 0.2) is 54.9 Å². The largest absolute Gasteiger partial charge is 0.337 e. The Kier molecular flexibility index (Phi) is 6.18. The first-order valence-corrected chi connectivity index (χ1v) is 9.17. The summed E-state index contributed by atoms with van der Waals surface area (Å²) in [4.78, 5) is 21.1. The third-order valence-corrected chi connectivity index (χ3v) is 5.04. The van der Waals surface area contributed by atoms with Crippen LogP contribution in [-0.4, -0.2) is 53.4 Å². The summed E-state index contributed by atoms with van der Waals surface area (Å²) >= 11 is 0. The number of piperidine rings is 1. The van der Waals surface area contributed by atoms with E-state index in [0.29, 0.717) is 5.56 Å². The van der Waals surface area contributed by atoms with Gasteiger partial charge in [-0.25, -0.2) is 0 Å². The van der Waals surface area contributed by atoms with E-state index in [9.17, 15) is 4.79 Å². The lowest BCUT2D eigenvalue weighted by Gasteiger charge is -2.37. The normalized spacial score (nSPS) is 18.0. The zero-order valence-electron chi connectivity index (χ0n) is 15.0. The predicted octanol–water partition coefficient (Wildman–Crippen LogP) is 3.25. The number of likely N-dealkylation sites (tertiary alicyclic amines) is 1. The number of hydrogen-bond acceptors (Lipinski definition) is 3. The first-order chi connectivity index (χ1) is 12.2. The Balaban J connectivity index is 1.49. The number of pyridine rings is 1. The summed E-state index contributed by atoms with van der Waals surface area (Å²) in [5.74, 6) is 0.0734. The summed E-state index contributed by atoms with van der Waals surface area (Å²) in [5, 5.41) is 0. The molecule has 0 N–H and O–H groups in total. The molecule has 4 nitrogen and oxygen atoms in total. The van der Waals surface area contributed by atoms with E-state index in [2.05, 4.69) is 40.2 Å². The van der Waals surface area contributed by atoms with Crippen LogP contribution in [-0.2, 0) is 6.42 Å². The molecule has 132 valence electrons. The van der Waals surface area contributed by atoms with E-state index in [-0.39, 0.29) is 11.9 Å². The van der Waals surface area contributed by atoms with Crippen LogP contribution in [0.5, 0.6) is 0 Å². The summed E-state index contributed by atoms with van der Waals surface area (Å²) < 4.78 is 0. The van der Waals surface area contributed by atoms with Crippen LogP contribution in [0.3, 0.4) is 0 Å². The second kappa shape index (κ2) is 8.77. The van der Waals surface area contributed by atoms with Gasteiger partial charge >= 0.3 is 0 Å². The molecule has 1 aromatic carbocycles. The van der Waals surface area contributed by atoms with Gasteiger partial charge in [0.1, 0.15) is 0 Å². The van der Waals surface area contributed by atoms with Gasteiger partial charge in [0.2, 0.25) is 0 Å². The van der Waals surface area contributed by atoms with Gasteiger partial charge in [-0.3, -0.25) is 9.78 Å². The Labute approximate surface area is 150 Å². The van der Waals surface area contributed by atoms with Crippen LogP contribution in [0.1, 0.15) is 35.2 Å². The molecule has 25 heavy (non-hydrogen) atoms. The van der Waals surface area contributed by atoms with Crippen LogP contribution in [0.25, 0.3) is 0 Å². The van der Waals surface area contributed by atoms with Crippen molar-refractivity contribution in [1.82, 2.24) is 14.8 Å². The Bertz CT molecular complexity index is 659. The fourth-order valence-electron chi connectivity index (χ4n) is 3.56. The van der Waals surface area contributed by atoms with E-state index in [4.69, 9.17) is 0 Å². The molecular weight excluding hydrogens is 310 g/mol. The second-order valence-corrected chi connectivity index (χ2v) is 6.84. The fourth-order valence-corrected chi connectivity index (χ4v) is 3.56. The first kappa shape index (κ1) is 17.6. The molecule has 1 fully saturated rings. The standard InChI is InChI=1S/C21H27N3O/c1-23(21(25)19-11-5-13-22-16-19)20-12-7-15-24(17-20)14-6-10-18-8-3-2-4-9-18/h2-5,8-9,11,13,16,20H,6-7,10,12,14-15,17H2,1H3/t20-/m1/s1. The van der Waals surface area contributed by atoms with E-state index in [0.717, 1.165) is 45.3 Å². The Morgan fingerprint density at radius 1 is 1.24 bits per heavy atom. The maximum Gasteiger partial charge on any atom is 0.255 e. The van der Waals surface area contributed by atoms with E-state index in [1.807, 2.05) is 24.1 Å². The molecular formula is C21H27N3O. The highest BCUT2D eigenvalue weighted by atomic mass is 16.2. The molecule has 2 aromatic rings. The quantitative estimate of drug-likeness (QED) is 0.812. The molecule has 1 saturated heterocycles. The Hall–Kier alpha value is -2.20. The summed E-state index contributed by atoms with van der Waals surface area (Å²) in [7, 11) is 1.92. The number of carbonyl (C=O) groups is 1. The maximum atomic E-state index is 12.6. The topological polar surface area (TPSA) is 36.4 Å². The van der Waals surface area contributed by atoms with Gasteiger partial charge in [0, 0.05) is 32.0 Å². The summed E-state index contributed by atoms with van der Waals surface area (Å²) in [6.07, 6.45) is 7.87. The van der Waals surface area contributed by atoms with Gasteiger partial charge in [0.15, 0.2) is 0 Å². The van der Waals surface area contributed by atoms with Crippen LogP contribution >= 0.6 is 0 Å². The third-order valence-electron chi connectivity index (χ3n) is 5.04. The summed E-state index contributed by atoms with van der Waals surface area (Å²) in [6, 6.07) is 14.6. The number of amides is 1. The number of carbonyl (C=O) groups excluding carboxylic acids is 1. The van der Waals surface area contributed by atoms with Gasteiger partial charge in [-0.05, 0) is 56.5 Å². The molecule has 3 rings (SSSR count). The minimum absolute atomic E-state index is 0.0734. The molecule has 2 heterocycles. The van der Waals surface area contributed by atoms with E-state index in [1.54, 1.807) is 12.4 Å². The van der Waals surface area contributed by atoms with Gasteiger partial charge < -0.3 is 9.80 Å². The van der Waals surface area contributed by atoms with Crippen molar-refractivity contribution in [1.29, 1.82) is 0 Å². The lowest BCUT2D eigenvalue weighted by molar-refractivity contribution is 0.0616. The predicted molar refractivity (Wildman–Crippen MR) is 101 cm³/mol. The second-order valence-electron chi connectivity index (χ2n) is 6.84. The summed E-state index contributed by atoms with van der Waals surface area (Å²) in [6.45, 7) is 3.21. The van der Waals surface area contributed by atoms with Crippen molar-refractivity contribution >= 4 is 5.91 Å². The molecule has 1 aromatic heterocycles. The van der Waals surface area contributed by atoms with Gasteiger partial charge in [0.05, 0.1) is 5.56 Å². The number of nitrogens with zero attached hydrogens (tertiary/aromatic N) is 3. The van der Waals surface area contributed by atoms with Crippen molar-refractivity contribution in [3.05, 3.63) is 66.0 Å². The van der Waals surface area contributed by atoms with Crippen molar-refractivity contribution in [3.63, 3.8) is 0 Å². The Morgan fingerprint density at radius 2 is 2.08 bits per heavy atom. The lowest BCUT2D eigenvalue weighted by Crippen LogP contribution is -2.48. The number of benzene rings is 1.